The van der Waals surface area contributed by atoms with Crippen LogP contribution in [0.4, 0.5) is 0 Å². The van der Waals surface area contributed by atoms with Crippen LogP contribution < -0.4 is 0 Å². The molecule has 0 aliphatic heterocycles. The van der Waals surface area contributed by atoms with Gasteiger partial charge in [0.1, 0.15) is 5.75 Å². The Morgan fingerprint density at radius 2 is 1.89 bits per heavy atom. The first-order chi connectivity index (χ1) is 8.32. The zero-order valence-electron chi connectivity index (χ0n) is 10.5. The van der Waals surface area contributed by atoms with Crippen molar-refractivity contribution in [3.63, 3.8) is 0 Å². The molecule has 0 radical (unpaired) electrons. The van der Waals surface area contributed by atoms with Crippen LogP contribution in [0.2, 0.25) is 5.02 Å². The van der Waals surface area contributed by atoms with Crippen LogP contribution in [-0.2, 0) is 4.79 Å². The van der Waals surface area contributed by atoms with Crippen LogP contribution in [-0.4, -0.2) is 54.4 Å². The Morgan fingerprint density at radius 3 is 2.39 bits per heavy atom. The van der Waals surface area contributed by atoms with E-state index in [-0.39, 0.29) is 29.1 Å². The summed E-state index contributed by atoms with van der Waals surface area (Å²) >= 11 is 5.72. The van der Waals surface area contributed by atoms with Gasteiger partial charge in [0.05, 0.1) is 11.6 Å². The topological polar surface area (TPSA) is 60.9 Å². The van der Waals surface area contributed by atoms with Crippen LogP contribution in [0.15, 0.2) is 18.2 Å². The molecule has 1 aromatic carbocycles. The summed E-state index contributed by atoms with van der Waals surface area (Å²) in [5, 5.41) is 9.37. The number of halogens is 1. The van der Waals surface area contributed by atoms with E-state index in [4.69, 9.17) is 11.6 Å². The molecule has 1 rings (SSSR count). The van der Waals surface area contributed by atoms with Gasteiger partial charge in [-0.15, -0.1) is 0 Å². The average Bonchev–Trinajstić information content (AvgIpc) is 2.31. The van der Waals surface area contributed by atoms with Crippen molar-refractivity contribution in [2.45, 2.75) is 0 Å². The quantitative estimate of drug-likeness (QED) is 0.898. The molecule has 5 nitrogen and oxygen atoms in total. The SMILES string of the molecule is CN(C)C(=O)CN(C)C(=O)c1ccc(O)c(Cl)c1. The number of aromatic hydroxyl groups is 1. The van der Waals surface area contributed by atoms with Gasteiger partial charge in [0.15, 0.2) is 0 Å². The minimum atomic E-state index is -0.327. The molecule has 0 aliphatic carbocycles. The molecule has 0 atom stereocenters. The Kier molecular flexibility index (Phi) is 4.55. The van der Waals surface area contributed by atoms with Crippen molar-refractivity contribution in [1.29, 1.82) is 0 Å². The molecule has 1 N–H and O–H groups in total. The molecule has 0 heterocycles. The van der Waals surface area contributed by atoms with E-state index in [0.717, 1.165) is 0 Å². The van der Waals surface area contributed by atoms with E-state index < -0.39 is 0 Å². The number of carbonyl (C=O) groups is 2. The first-order valence-corrected chi connectivity index (χ1v) is 5.65. The number of amides is 2. The van der Waals surface area contributed by atoms with E-state index in [9.17, 15) is 14.7 Å². The summed E-state index contributed by atoms with van der Waals surface area (Å²) in [5.41, 5.74) is 0.326. The number of phenols is 1. The lowest BCUT2D eigenvalue weighted by molar-refractivity contribution is -0.129. The van der Waals surface area contributed by atoms with Gasteiger partial charge >= 0.3 is 0 Å². The van der Waals surface area contributed by atoms with Crippen molar-refractivity contribution in [3.8, 4) is 5.75 Å². The van der Waals surface area contributed by atoms with E-state index in [1.54, 1.807) is 14.1 Å². The normalized spacial score (nSPS) is 10.0. The van der Waals surface area contributed by atoms with Crippen molar-refractivity contribution in [3.05, 3.63) is 28.8 Å². The maximum atomic E-state index is 12.0. The third-order valence-electron chi connectivity index (χ3n) is 2.41. The Balaban J connectivity index is 2.80. The largest absolute Gasteiger partial charge is 0.506 e. The summed E-state index contributed by atoms with van der Waals surface area (Å²) in [7, 11) is 4.78. The van der Waals surface area contributed by atoms with Crippen LogP contribution in [0.3, 0.4) is 0 Å². The second-order valence-corrected chi connectivity index (χ2v) is 4.52. The van der Waals surface area contributed by atoms with Crippen molar-refractivity contribution >= 4 is 23.4 Å². The van der Waals surface area contributed by atoms with Crippen LogP contribution in [0, 0.1) is 0 Å². The van der Waals surface area contributed by atoms with Crippen LogP contribution in [0.5, 0.6) is 5.75 Å². The van der Waals surface area contributed by atoms with Crippen LogP contribution in [0.1, 0.15) is 10.4 Å². The minimum absolute atomic E-state index is 0.00959. The molecule has 0 unspecified atom stereocenters. The van der Waals surface area contributed by atoms with Gasteiger partial charge in [0.25, 0.3) is 5.91 Å². The van der Waals surface area contributed by atoms with Gasteiger partial charge in [0.2, 0.25) is 5.91 Å². The number of phenolic OH excluding ortho intramolecular Hbond substituents is 1. The smallest absolute Gasteiger partial charge is 0.254 e. The van der Waals surface area contributed by atoms with Gasteiger partial charge in [-0.2, -0.15) is 0 Å². The zero-order valence-corrected chi connectivity index (χ0v) is 11.2. The fraction of sp³-hybridized carbons (Fsp3) is 0.333. The first-order valence-electron chi connectivity index (χ1n) is 5.27. The Morgan fingerprint density at radius 1 is 1.28 bits per heavy atom. The molecule has 6 heteroatoms. The summed E-state index contributed by atoms with van der Waals surface area (Å²) in [4.78, 5) is 26.2. The maximum Gasteiger partial charge on any atom is 0.254 e. The van der Waals surface area contributed by atoms with Gasteiger partial charge in [0, 0.05) is 26.7 Å². The predicted molar refractivity (Wildman–Crippen MR) is 68.8 cm³/mol. The number of hydrogen-bond acceptors (Lipinski definition) is 3. The van der Waals surface area contributed by atoms with Crippen molar-refractivity contribution in [2.24, 2.45) is 0 Å². The van der Waals surface area contributed by atoms with E-state index in [0.29, 0.717) is 5.56 Å². The van der Waals surface area contributed by atoms with Gasteiger partial charge in [-0.1, -0.05) is 11.6 Å². The summed E-state index contributed by atoms with van der Waals surface area (Å²) in [6, 6.07) is 4.17. The highest BCUT2D eigenvalue weighted by Gasteiger charge is 2.16. The van der Waals surface area contributed by atoms with Crippen molar-refractivity contribution in [1.82, 2.24) is 9.80 Å². The molecule has 0 bridgehead atoms. The summed E-state index contributed by atoms with van der Waals surface area (Å²) in [6.07, 6.45) is 0. The molecule has 0 fully saturated rings. The molecule has 0 saturated carbocycles. The molecule has 18 heavy (non-hydrogen) atoms. The Hall–Kier alpha value is -1.75. The third kappa shape index (κ3) is 3.37. The molecule has 0 saturated heterocycles. The van der Waals surface area contributed by atoms with Crippen molar-refractivity contribution in [2.75, 3.05) is 27.7 Å². The number of rotatable bonds is 3. The van der Waals surface area contributed by atoms with Crippen LogP contribution >= 0.6 is 11.6 Å². The molecular formula is C12H15ClN2O3. The molecule has 98 valence electrons. The Labute approximate surface area is 111 Å². The minimum Gasteiger partial charge on any atom is -0.506 e. The lowest BCUT2D eigenvalue weighted by atomic mass is 10.2. The van der Waals surface area contributed by atoms with E-state index in [1.807, 2.05) is 0 Å². The van der Waals surface area contributed by atoms with Gasteiger partial charge in [-0.3, -0.25) is 9.59 Å². The highest BCUT2D eigenvalue weighted by atomic mass is 35.5. The fourth-order valence-corrected chi connectivity index (χ4v) is 1.46. The zero-order chi connectivity index (χ0) is 13.9. The van der Waals surface area contributed by atoms with Crippen LogP contribution in [0.25, 0.3) is 0 Å². The van der Waals surface area contributed by atoms with E-state index in [2.05, 4.69) is 0 Å². The number of likely N-dealkylation sites (N-methyl/N-ethyl adjacent to an activating group) is 2. The number of hydrogen-bond donors (Lipinski definition) is 1. The lowest BCUT2D eigenvalue weighted by Gasteiger charge is -2.19. The molecule has 2 amide bonds. The highest BCUT2D eigenvalue weighted by molar-refractivity contribution is 6.32. The monoisotopic (exact) mass is 270 g/mol. The van der Waals surface area contributed by atoms with Gasteiger partial charge in [-0.25, -0.2) is 0 Å². The second-order valence-electron chi connectivity index (χ2n) is 4.12. The maximum absolute atomic E-state index is 12.0. The lowest BCUT2D eigenvalue weighted by Crippen LogP contribution is -2.37. The molecule has 0 spiro atoms. The van der Waals surface area contributed by atoms with E-state index in [1.165, 1.54) is 35.0 Å². The third-order valence-corrected chi connectivity index (χ3v) is 2.72. The molecule has 0 aliphatic rings. The first kappa shape index (κ1) is 14.3. The average molecular weight is 271 g/mol. The van der Waals surface area contributed by atoms with Crippen molar-refractivity contribution < 1.29 is 14.7 Å². The number of benzene rings is 1. The molecular weight excluding hydrogens is 256 g/mol. The second kappa shape index (κ2) is 5.73. The highest BCUT2D eigenvalue weighted by Crippen LogP contribution is 2.24. The van der Waals surface area contributed by atoms with Gasteiger partial charge < -0.3 is 14.9 Å². The fourth-order valence-electron chi connectivity index (χ4n) is 1.28. The summed E-state index contributed by atoms with van der Waals surface area (Å²) in [6.45, 7) is -0.00959. The number of carbonyl (C=O) groups excluding carboxylic acids is 2. The summed E-state index contributed by atoms with van der Waals surface area (Å²) < 4.78 is 0. The molecule has 0 aromatic heterocycles. The van der Waals surface area contributed by atoms with E-state index >= 15 is 0 Å². The predicted octanol–water partition coefficient (Wildman–Crippen LogP) is 1.21. The standard InChI is InChI=1S/C12H15ClN2O3/c1-14(2)11(17)7-15(3)12(18)8-4-5-10(16)9(13)6-8/h4-6,16H,7H2,1-3H3. The van der Waals surface area contributed by atoms with Gasteiger partial charge in [-0.05, 0) is 18.2 Å². The Bertz CT molecular complexity index is 474. The molecule has 1 aromatic rings. The number of nitrogens with zero attached hydrogens (tertiary/aromatic N) is 2. The summed E-state index contributed by atoms with van der Waals surface area (Å²) in [5.74, 6) is -0.580.